The van der Waals surface area contributed by atoms with Crippen molar-refractivity contribution in [1.82, 2.24) is 14.8 Å². The second-order valence-electron chi connectivity index (χ2n) is 7.77. The number of carbonyl (C=O) groups is 2. The number of nitrogens with zero attached hydrogens (tertiary/aromatic N) is 5. The van der Waals surface area contributed by atoms with Crippen LogP contribution in [0.2, 0.25) is 5.02 Å². The van der Waals surface area contributed by atoms with E-state index >= 15 is 0 Å². The van der Waals surface area contributed by atoms with Crippen molar-refractivity contribution in [2.45, 2.75) is 18.9 Å². The summed E-state index contributed by atoms with van der Waals surface area (Å²) in [6, 6.07) is 5.70. The Morgan fingerprint density at radius 2 is 2.00 bits per heavy atom. The van der Waals surface area contributed by atoms with Gasteiger partial charge in [0, 0.05) is 37.4 Å². The largest absolute Gasteiger partial charge is 0.345 e. The standard InChI is InChI=1S/C21H20ClN5O2S/c1-21(13-18(28)24-17-4-2-3-7-27(17)21)19(29)25-8-10-26(11-9-25)20-23-15-6-5-14(22)12-16(15)30-20/h2-7,12H,8-11,13H2,1H3. The number of carbonyl (C=O) groups excluding carboxylic acids is 2. The molecule has 4 heterocycles. The Balaban J connectivity index is 1.32. The van der Waals surface area contributed by atoms with Crippen molar-refractivity contribution < 1.29 is 9.59 Å². The Bertz CT molecular complexity index is 1130. The summed E-state index contributed by atoms with van der Waals surface area (Å²) in [6.07, 6.45) is 7.35. The molecule has 1 saturated heterocycles. The molecule has 3 aliphatic rings. The van der Waals surface area contributed by atoms with Gasteiger partial charge < -0.3 is 14.7 Å². The average Bonchev–Trinajstić information content (AvgIpc) is 3.16. The first-order chi connectivity index (χ1) is 14.4. The van der Waals surface area contributed by atoms with Crippen molar-refractivity contribution >= 4 is 55.9 Å². The van der Waals surface area contributed by atoms with Crippen LogP contribution in [0.25, 0.3) is 10.2 Å². The van der Waals surface area contributed by atoms with E-state index in [1.807, 2.05) is 53.3 Å². The summed E-state index contributed by atoms with van der Waals surface area (Å²) in [5.41, 5.74) is -0.0209. The highest BCUT2D eigenvalue weighted by Gasteiger charge is 2.47. The lowest BCUT2D eigenvalue weighted by Crippen LogP contribution is -2.63. The maximum atomic E-state index is 13.5. The Morgan fingerprint density at radius 1 is 1.20 bits per heavy atom. The quantitative estimate of drug-likeness (QED) is 0.716. The molecule has 0 saturated carbocycles. The third kappa shape index (κ3) is 3.20. The number of aromatic nitrogens is 1. The van der Waals surface area contributed by atoms with Crippen molar-refractivity contribution in [2.24, 2.45) is 4.99 Å². The molecule has 0 aliphatic carbocycles. The summed E-state index contributed by atoms with van der Waals surface area (Å²) in [6.45, 7) is 4.38. The lowest BCUT2D eigenvalue weighted by molar-refractivity contribution is -0.144. The minimum absolute atomic E-state index is 0.0427. The first-order valence-corrected chi connectivity index (χ1v) is 11.0. The van der Waals surface area contributed by atoms with Crippen LogP contribution in [0.4, 0.5) is 5.13 Å². The number of aliphatic imine (C=N–C) groups is 1. The predicted octanol–water partition coefficient (Wildman–Crippen LogP) is 3.07. The van der Waals surface area contributed by atoms with Gasteiger partial charge in [0.25, 0.3) is 5.91 Å². The third-order valence-electron chi connectivity index (χ3n) is 5.74. The summed E-state index contributed by atoms with van der Waals surface area (Å²) in [5.74, 6) is 0.221. The molecule has 30 heavy (non-hydrogen) atoms. The lowest BCUT2D eigenvalue weighted by Gasteiger charge is -2.45. The molecule has 1 unspecified atom stereocenters. The zero-order valence-corrected chi connectivity index (χ0v) is 18.0. The molecule has 1 aromatic heterocycles. The fourth-order valence-electron chi connectivity index (χ4n) is 4.13. The van der Waals surface area contributed by atoms with Crippen LogP contribution in [0.3, 0.4) is 0 Å². The van der Waals surface area contributed by atoms with Gasteiger partial charge in [-0.2, -0.15) is 4.99 Å². The smallest absolute Gasteiger partial charge is 0.250 e. The van der Waals surface area contributed by atoms with Gasteiger partial charge in [-0.15, -0.1) is 0 Å². The number of hydrogen-bond donors (Lipinski definition) is 0. The van der Waals surface area contributed by atoms with Gasteiger partial charge >= 0.3 is 0 Å². The number of fused-ring (bicyclic) bond motifs is 2. The molecule has 1 aromatic carbocycles. The van der Waals surface area contributed by atoms with Crippen LogP contribution in [-0.2, 0) is 9.59 Å². The zero-order valence-electron chi connectivity index (χ0n) is 16.4. The molecular weight excluding hydrogens is 422 g/mol. The van der Waals surface area contributed by atoms with Gasteiger partial charge in [-0.25, -0.2) is 4.98 Å². The van der Waals surface area contributed by atoms with Crippen molar-refractivity contribution in [1.29, 1.82) is 0 Å². The number of allylic oxidation sites excluding steroid dienone is 2. The molecular formula is C21H20ClN5O2S. The Hall–Kier alpha value is -2.71. The Morgan fingerprint density at radius 3 is 2.80 bits per heavy atom. The van der Waals surface area contributed by atoms with Crippen molar-refractivity contribution in [3.63, 3.8) is 0 Å². The third-order valence-corrected chi connectivity index (χ3v) is 7.06. The van der Waals surface area contributed by atoms with E-state index in [0.717, 1.165) is 15.3 Å². The van der Waals surface area contributed by atoms with Crippen LogP contribution in [0.5, 0.6) is 0 Å². The molecule has 0 spiro atoms. The lowest BCUT2D eigenvalue weighted by atomic mass is 9.90. The van der Waals surface area contributed by atoms with E-state index in [0.29, 0.717) is 37.0 Å². The normalized spacial score (nSPS) is 23.7. The van der Waals surface area contributed by atoms with E-state index in [2.05, 4.69) is 9.89 Å². The molecule has 1 fully saturated rings. The van der Waals surface area contributed by atoms with E-state index in [4.69, 9.17) is 16.6 Å². The summed E-state index contributed by atoms with van der Waals surface area (Å²) in [7, 11) is 0. The van der Waals surface area contributed by atoms with Crippen molar-refractivity contribution in [3.8, 4) is 0 Å². The number of anilines is 1. The molecule has 2 amide bonds. The molecule has 0 radical (unpaired) electrons. The van der Waals surface area contributed by atoms with Crippen LogP contribution in [0, 0.1) is 0 Å². The predicted molar refractivity (Wildman–Crippen MR) is 119 cm³/mol. The second kappa shape index (κ2) is 7.21. The number of benzene rings is 1. The maximum Gasteiger partial charge on any atom is 0.250 e. The fourth-order valence-corrected chi connectivity index (χ4v) is 5.42. The molecule has 5 rings (SSSR count). The number of hydrogen-bond acceptors (Lipinski definition) is 6. The second-order valence-corrected chi connectivity index (χ2v) is 9.22. The van der Waals surface area contributed by atoms with Gasteiger partial charge in [0.2, 0.25) is 5.91 Å². The number of amidine groups is 1. The maximum absolute atomic E-state index is 13.5. The highest BCUT2D eigenvalue weighted by atomic mass is 35.5. The van der Waals surface area contributed by atoms with Gasteiger partial charge in [0.15, 0.2) is 5.13 Å². The van der Waals surface area contributed by atoms with Crippen molar-refractivity contribution in [2.75, 3.05) is 31.1 Å². The topological polar surface area (TPSA) is 69.1 Å². The van der Waals surface area contributed by atoms with Crippen LogP contribution >= 0.6 is 22.9 Å². The van der Waals surface area contributed by atoms with Crippen LogP contribution < -0.4 is 4.90 Å². The average molecular weight is 442 g/mol. The summed E-state index contributed by atoms with van der Waals surface area (Å²) >= 11 is 7.70. The van der Waals surface area contributed by atoms with Gasteiger partial charge in [0.05, 0.1) is 16.6 Å². The van der Waals surface area contributed by atoms with E-state index < -0.39 is 5.54 Å². The van der Waals surface area contributed by atoms with Gasteiger partial charge in [-0.05, 0) is 37.3 Å². The van der Waals surface area contributed by atoms with E-state index in [-0.39, 0.29) is 18.2 Å². The van der Waals surface area contributed by atoms with Crippen LogP contribution in [-0.4, -0.2) is 64.2 Å². The Kier molecular flexibility index (Phi) is 4.63. The zero-order chi connectivity index (χ0) is 20.9. The highest BCUT2D eigenvalue weighted by molar-refractivity contribution is 7.22. The monoisotopic (exact) mass is 441 g/mol. The molecule has 2 aromatic rings. The Labute approximate surface area is 182 Å². The van der Waals surface area contributed by atoms with Gasteiger partial charge in [-0.1, -0.05) is 29.0 Å². The SMILES string of the molecule is CC1(C(=O)N2CCN(c3nc4ccc(Cl)cc4s3)CC2)CC(=O)N=C2C=CC=CN21. The molecule has 154 valence electrons. The number of thiazole rings is 1. The molecule has 1 atom stereocenters. The van der Waals surface area contributed by atoms with Gasteiger partial charge in [0.1, 0.15) is 11.4 Å². The first-order valence-electron chi connectivity index (χ1n) is 9.80. The van der Waals surface area contributed by atoms with Crippen LogP contribution in [0.1, 0.15) is 13.3 Å². The summed E-state index contributed by atoms with van der Waals surface area (Å²) in [4.78, 5) is 40.3. The van der Waals surface area contributed by atoms with E-state index in [1.54, 1.807) is 17.4 Å². The number of piperazine rings is 1. The minimum atomic E-state index is -0.954. The highest BCUT2D eigenvalue weighted by Crippen LogP contribution is 2.33. The van der Waals surface area contributed by atoms with Crippen LogP contribution in [0.15, 0.2) is 47.6 Å². The molecule has 9 heteroatoms. The van der Waals surface area contributed by atoms with E-state index in [1.165, 1.54) is 0 Å². The summed E-state index contributed by atoms with van der Waals surface area (Å²) in [5, 5.41) is 1.64. The number of rotatable bonds is 2. The molecule has 3 aliphatic heterocycles. The molecule has 7 nitrogen and oxygen atoms in total. The molecule has 0 bridgehead atoms. The van der Waals surface area contributed by atoms with Gasteiger partial charge in [-0.3, -0.25) is 9.59 Å². The molecule has 0 N–H and O–H groups in total. The van der Waals surface area contributed by atoms with E-state index in [9.17, 15) is 9.59 Å². The first kappa shape index (κ1) is 19.3. The fraction of sp³-hybridized carbons (Fsp3) is 0.333. The van der Waals surface area contributed by atoms with Crippen molar-refractivity contribution in [3.05, 3.63) is 47.6 Å². The minimum Gasteiger partial charge on any atom is -0.345 e. The number of amides is 2. The summed E-state index contributed by atoms with van der Waals surface area (Å²) < 4.78 is 1.06. The number of halogens is 1.